The quantitative estimate of drug-likeness (QED) is 0.0145. The number of benzene rings is 1. The highest BCUT2D eigenvalue weighted by Gasteiger charge is 2.33. The van der Waals surface area contributed by atoms with Crippen LogP contribution in [0.3, 0.4) is 0 Å². The van der Waals surface area contributed by atoms with Crippen molar-refractivity contribution in [3.8, 4) is 0 Å². The van der Waals surface area contributed by atoms with Crippen LogP contribution in [0.1, 0.15) is 131 Å². The van der Waals surface area contributed by atoms with Crippen molar-refractivity contribution < 1.29 is 68.3 Å². The number of carbonyl (C=O) groups is 11. The lowest BCUT2D eigenvalue weighted by Crippen LogP contribution is -2.59. The number of nitrogens with one attached hydrogen (secondary N) is 12. The van der Waals surface area contributed by atoms with Crippen LogP contribution in [-0.4, -0.2) is 208 Å². The van der Waals surface area contributed by atoms with Gasteiger partial charge in [-0.3, -0.25) is 52.7 Å². The summed E-state index contributed by atoms with van der Waals surface area (Å²) in [5, 5.41) is 67.9. The smallest absolute Gasteiger partial charge is 0.305 e. The monoisotopic (exact) mass is 1340 g/mol. The largest absolute Gasteiger partial charge is 0.481 e. The normalized spacial score (nSPS) is 21.7. The van der Waals surface area contributed by atoms with Crippen LogP contribution in [0.25, 0.3) is 0 Å². The molecular formula is C59H99N15O14S3. The molecule has 1 fully saturated rings. The van der Waals surface area contributed by atoms with Crippen LogP contribution >= 0.6 is 37.0 Å². The Labute approximate surface area is 548 Å². The molecule has 7 atom stereocenters. The molecule has 1 heterocycles. The van der Waals surface area contributed by atoms with Gasteiger partial charge >= 0.3 is 5.97 Å². The molecule has 0 bridgehead atoms. The Morgan fingerprint density at radius 1 is 0.615 bits per heavy atom. The molecule has 0 aliphatic carbocycles. The Morgan fingerprint density at radius 3 is 1.63 bits per heavy atom. The van der Waals surface area contributed by atoms with Gasteiger partial charge in [0.15, 0.2) is 0 Å². The fourth-order valence-electron chi connectivity index (χ4n) is 9.09. The third-order valence-electron chi connectivity index (χ3n) is 15.2. The zero-order chi connectivity index (χ0) is 68.1. The molecule has 1 aromatic rings. The first-order valence-electron chi connectivity index (χ1n) is 30.6. The average molecular weight is 1340 g/mol. The first-order valence-corrected chi connectivity index (χ1v) is 33.1. The van der Waals surface area contributed by atoms with Gasteiger partial charge in [0.05, 0.1) is 41.2 Å². The summed E-state index contributed by atoms with van der Waals surface area (Å²) in [5.74, 6) is -9.01. The van der Waals surface area contributed by atoms with Crippen molar-refractivity contribution in [1.82, 2.24) is 63.8 Å². The number of thioether (sulfide) groups is 1. The number of carboxylic acids is 1. The van der Waals surface area contributed by atoms with Gasteiger partial charge in [-0.15, -0.1) is 11.8 Å². The second-order valence-electron chi connectivity index (χ2n) is 23.5. The van der Waals surface area contributed by atoms with Crippen molar-refractivity contribution >= 4 is 113 Å². The van der Waals surface area contributed by atoms with E-state index in [0.29, 0.717) is 55.9 Å². The highest BCUT2D eigenvalue weighted by molar-refractivity contribution is 8.00. The SMILES string of the molecule is C/C(=N/O)C(C)(C)NCCC(CCNC(=O)CCCC(=O)NCCCC[C@@H]1NC(=O)CSC[C@@H](C)NC(=O)[C@H](Cc2ccccc2)NC(=O)[C@H](CS)NC(=O)[C@H](CC(=O)O)NC(=O)CNC(=O)[C@H](CCCN)NC(=O)[C@H](CS)NC1=O)CCNC(C)(C)/C(C)=N\O. The van der Waals surface area contributed by atoms with E-state index in [1.165, 1.54) is 0 Å². The minimum Gasteiger partial charge on any atom is -0.481 e. The first-order chi connectivity index (χ1) is 43.1. The minimum absolute atomic E-state index is 0.00609. The first kappa shape index (κ1) is 80.4. The average Bonchev–Trinajstić information content (AvgIpc) is 3.68. The molecular weight excluding hydrogens is 1240 g/mol. The maximum atomic E-state index is 14.0. The number of amides is 10. The molecule has 1 aliphatic rings. The van der Waals surface area contributed by atoms with Crippen LogP contribution in [0.5, 0.6) is 0 Å². The fraction of sp³-hybridized carbons (Fsp3) is 0.678. The number of hydrogen-bond acceptors (Lipinski definition) is 21. The van der Waals surface area contributed by atoms with Gasteiger partial charge < -0.3 is 85.1 Å². The van der Waals surface area contributed by atoms with Crippen molar-refractivity contribution in [3.63, 3.8) is 0 Å². The topological polar surface area (TPSA) is 444 Å². The molecule has 0 spiro atoms. The second kappa shape index (κ2) is 43.2. The number of carbonyl (C=O) groups excluding carboxylic acids is 10. The third kappa shape index (κ3) is 32.4. The molecule has 1 saturated heterocycles. The van der Waals surface area contributed by atoms with E-state index in [1.807, 2.05) is 27.7 Å². The molecule has 1 aliphatic heterocycles. The van der Waals surface area contributed by atoms with Gasteiger partial charge in [0.2, 0.25) is 59.1 Å². The number of oxime groups is 2. The summed E-state index contributed by atoms with van der Waals surface area (Å²) in [5.41, 5.74) is 6.42. The van der Waals surface area contributed by atoms with E-state index in [9.17, 15) is 68.3 Å². The Hall–Kier alpha value is -6.74. The predicted molar refractivity (Wildman–Crippen MR) is 353 cm³/mol. The molecule has 0 radical (unpaired) electrons. The lowest BCUT2D eigenvalue weighted by atomic mass is 9.94. The second-order valence-corrected chi connectivity index (χ2v) is 25.2. The summed E-state index contributed by atoms with van der Waals surface area (Å²) >= 11 is 9.63. The molecule has 1 aromatic carbocycles. The Morgan fingerprint density at radius 2 is 1.09 bits per heavy atom. The number of aliphatic carboxylic acids is 1. The summed E-state index contributed by atoms with van der Waals surface area (Å²) in [6, 6.07) is -0.134. The Bertz CT molecular complexity index is 2570. The summed E-state index contributed by atoms with van der Waals surface area (Å²) < 4.78 is 0. The van der Waals surface area contributed by atoms with Crippen LogP contribution in [-0.2, 0) is 59.2 Å². The molecule has 0 aromatic heterocycles. The van der Waals surface area contributed by atoms with Gasteiger partial charge in [0.1, 0.15) is 36.3 Å². The van der Waals surface area contributed by atoms with Crippen molar-refractivity contribution in [2.24, 2.45) is 22.0 Å². The molecule has 17 N–H and O–H groups in total. The van der Waals surface area contributed by atoms with E-state index in [0.717, 1.165) is 24.6 Å². The van der Waals surface area contributed by atoms with Crippen LogP contribution in [0.4, 0.5) is 0 Å². The van der Waals surface area contributed by atoms with Crippen molar-refractivity contribution in [3.05, 3.63) is 35.9 Å². The zero-order valence-electron chi connectivity index (χ0n) is 53.4. The van der Waals surface area contributed by atoms with E-state index in [2.05, 4.69) is 99.4 Å². The number of thiol groups is 2. The van der Waals surface area contributed by atoms with E-state index in [-0.39, 0.29) is 98.8 Å². The molecule has 32 heteroatoms. The summed E-state index contributed by atoms with van der Waals surface area (Å²) in [6.45, 7) is 14.0. The predicted octanol–water partition coefficient (Wildman–Crippen LogP) is -0.625. The Kier molecular flexibility index (Phi) is 38.1. The van der Waals surface area contributed by atoms with Gasteiger partial charge in [-0.2, -0.15) is 25.3 Å². The van der Waals surface area contributed by atoms with Crippen LogP contribution < -0.4 is 69.5 Å². The number of nitrogens with two attached hydrogens (primary N) is 1. The van der Waals surface area contributed by atoms with Gasteiger partial charge in [0, 0.05) is 55.7 Å². The van der Waals surface area contributed by atoms with E-state index in [1.54, 1.807) is 51.1 Å². The molecule has 0 unspecified atom stereocenters. The van der Waals surface area contributed by atoms with E-state index in [4.69, 9.17) is 5.73 Å². The highest BCUT2D eigenvalue weighted by Crippen LogP contribution is 2.17. The van der Waals surface area contributed by atoms with Gasteiger partial charge in [-0.1, -0.05) is 40.6 Å². The molecule has 0 saturated carbocycles. The van der Waals surface area contributed by atoms with E-state index >= 15 is 0 Å². The van der Waals surface area contributed by atoms with Crippen molar-refractivity contribution in [2.75, 3.05) is 62.3 Å². The lowest BCUT2D eigenvalue weighted by molar-refractivity contribution is -0.141. The lowest BCUT2D eigenvalue weighted by Gasteiger charge is -2.28. The zero-order valence-corrected chi connectivity index (χ0v) is 56.0. The molecule has 29 nitrogen and oxygen atoms in total. The number of rotatable bonds is 31. The fourth-order valence-corrected chi connectivity index (χ4v) is 10.4. The number of nitrogens with zero attached hydrogens (tertiary/aromatic N) is 2. The van der Waals surface area contributed by atoms with Crippen LogP contribution in [0, 0.1) is 5.92 Å². The van der Waals surface area contributed by atoms with Crippen LogP contribution in [0.15, 0.2) is 40.6 Å². The number of unbranched alkanes of at least 4 members (excludes halogenated alkanes) is 1. The summed E-state index contributed by atoms with van der Waals surface area (Å²) in [4.78, 5) is 147. The molecule has 91 heavy (non-hydrogen) atoms. The van der Waals surface area contributed by atoms with Crippen molar-refractivity contribution in [1.29, 1.82) is 0 Å². The summed E-state index contributed by atoms with van der Waals surface area (Å²) in [6.07, 6.45) is 2.67. The summed E-state index contributed by atoms with van der Waals surface area (Å²) in [7, 11) is 0. The minimum atomic E-state index is -1.75. The number of hydrogen-bond donors (Lipinski definition) is 18. The standard InChI is InChI=1S/C59H99N15O14S3/c1-36-34-91-35-50(78)67-42(17-11-12-25-61-47(75)19-13-20-48(76)62-26-21-39(22-27-64-58(4,5)37(2)73-87)23-28-65-59(6,7)38(3)74-88)53(82)71-45(32-89)56(85)69-41(18-14-24-60)52(81)63-31-49(77)68-44(30-51(79)80)55(84)72-46(33-90)57(86)70-43(54(83)66-36)29-40-15-9-8-10-16-40/h8-10,15-16,36,39,41-46,64-65,87-90H,11-14,17-35,60H2,1-7H3,(H,61,75)(H,62,76)(H,63,81)(H,66,83)(H,67,78)(H,68,77)(H,69,85)(H,70,86)(H,71,82)(H,72,84)(H,79,80)/b73-37-,74-38-/t36-,41+,42+,43+,44+,45+,46+/m1/s1. The maximum Gasteiger partial charge on any atom is 0.305 e. The van der Waals surface area contributed by atoms with Crippen LogP contribution in [0.2, 0.25) is 0 Å². The Balaban J connectivity index is 2.21. The van der Waals surface area contributed by atoms with Gasteiger partial charge in [-0.05, 0) is 137 Å². The molecule has 512 valence electrons. The van der Waals surface area contributed by atoms with E-state index < -0.39 is 120 Å². The number of carboxylic acid groups (broad SMARTS) is 1. The maximum absolute atomic E-state index is 14.0. The third-order valence-corrected chi connectivity index (χ3v) is 17.2. The van der Waals surface area contributed by atoms with Crippen molar-refractivity contribution in [2.45, 2.75) is 185 Å². The highest BCUT2D eigenvalue weighted by atomic mass is 32.2. The molecule has 2 rings (SSSR count). The van der Waals surface area contributed by atoms with Gasteiger partial charge in [0.25, 0.3) is 0 Å². The van der Waals surface area contributed by atoms with Gasteiger partial charge in [-0.25, -0.2) is 0 Å². The molecule has 10 amide bonds.